The van der Waals surface area contributed by atoms with Crippen molar-refractivity contribution in [3.8, 4) is 0 Å². The van der Waals surface area contributed by atoms with Gasteiger partial charge in [0.05, 0.1) is 6.20 Å². The third-order valence-electron chi connectivity index (χ3n) is 2.76. The summed E-state index contributed by atoms with van der Waals surface area (Å²) in [7, 11) is 1.87. The number of likely N-dealkylation sites (N-methyl/N-ethyl adjacent to an activating group) is 1. The Balaban J connectivity index is 2.17. The molecule has 1 atom stereocenters. The zero-order valence-electron chi connectivity index (χ0n) is 9.73. The largest absolute Gasteiger partial charge is 0.313 e. The lowest BCUT2D eigenvalue weighted by Gasteiger charge is -2.16. The van der Waals surface area contributed by atoms with E-state index < -0.39 is 0 Å². The fourth-order valence-corrected chi connectivity index (χ4v) is 1.86. The molecule has 0 saturated carbocycles. The van der Waals surface area contributed by atoms with Gasteiger partial charge in [-0.2, -0.15) is 0 Å². The molecule has 0 amide bonds. The summed E-state index contributed by atoms with van der Waals surface area (Å²) < 4.78 is 13.1. The summed E-state index contributed by atoms with van der Waals surface area (Å²) in [5.41, 5.74) is 2.09. The molecule has 1 unspecified atom stereocenters. The van der Waals surface area contributed by atoms with Gasteiger partial charge in [-0.25, -0.2) is 4.39 Å². The van der Waals surface area contributed by atoms with Crippen LogP contribution in [0.15, 0.2) is 48.8 Å². The molecule has 0 fully saturated rings. The molecule has 0 bridgehead atoms. The minimum absolute atomic E-state index is 0.0839. The highest BCUT2D eigenvalue weighted by molar-refractivity contribution is 5.21. The first-order chi connectivity index (χ1) is 8.29. The predicted molar refractivity (Wildman–Crippen MR) is 66.1 cm³/mol. The Morgan fingerprint density at radius 2 is 2.00 bits per heavy atom. The van der Waals surface area contributed by atoms with Crippen LogP contribution in [0.1, 0.15) is 17.2 Å². The van der Waals surface area contributed by atoms with Gasteiger partial charge < -0.3 is 5.32 Å². The van der Waals surface area contributed by atoms with E-state index in [1.54, 1.807) is 6.20 Å². The molecule has 1 aromatic carbocycles. The standard InChI is InChI=1S/C14H15FN2/c1-16-14(7-11-5-3-2-4-6-11)12-8-13(15)10-17-9-12/h2-6,8-10,14,16H,7H2,1H3. The molecule has 0 aliphatic rings. The van der Waals surface area contributed by atoms with E-state index in [-0.39, 0.29) is 11.9 Å². The van der Waals surface area contributed by atoms with E-state index in [4.69, 9.17) is 0 Å². The first kappa shape index (κ1) is 11.7. The van der Waals surface area contributed by atoms with Crippen molar-refractivity contribution >= 4 is 0 Å². The molecule has 0 aliphatic carbocycles. The lowest BCUT2D eigenvalue weighted by atomic mass is 10.0. The lowest BCUT2D eigenvalue weighted by Crippen LogP contribution is -2.19. The number of hydrogen-bond acceptors (Lipinski definition) is 2. The van der Waals surface area contributed by atoms with Crippen molar-refractivity contribution in [2.75, 3.05) is 7.05 Å². The fourth-order valence-electron chi connectivity index (χ4n) is 1.86. The van der Waals surface area contributed by atoms with Crippen molar-refractivity contribution < 1.29 is 4.39 Å². The molecule has 0 radical (unpaired) electrons. The Labute approximate surface area is 101 Å². The number of nitrogens with one attached hydrogen (secondary N) is 1. The molecular weight excluding hydrogens is 215 g/mol. The molecule has 3 heteroatoms. The number of aromatic nitrogens is 1. The number of pyridine rings is 1. The monoisotopic (exact) mass is 230 g/mol. The van der Waals surface area contributed by atoms with E-state index in [1.807, 2.05) is 25.2 Å². The zero-order chi connectivity index (χ0) is 12.1. The van der Waals surface area contributed by atoms with Crippen LogP contribution < -0.4 is 5.32 Å². The highest BCUT2D eigenvalue weighted by Crippen LogP contribution is 2.17. The first-order valence-corrected chi connectivity index (χ1v) is 5.61. The third-order valence-corrected chi connectivity index (χ3v) is 2.76. The summed E-state index contributed by atoms with van der Waals surface area (Å²) in [4.78, 5) is 3.88. The van der Waals surface area contributed by atoms with Gasteiger partial charge in [0.2, 0.25) is 0 Å². The molecule has 1 heterocycles. The normalized spacial score (nSPS) is 12.4. The Bertz CT molecular complexity index is 471. The maximum Gasteiger partial charge on any atom is 0.141 e. The van der Waals surface area contributed by atoms with E-state index in [1.165, 1.54) is 17.8 Å². The summed E-state index contributed by atoms with van der Waals surface area (Å²) in [5, 5.41) is 3.19. The summed E-state index contributed by atoms with van der Waals surface area (Å²) in [6.45, 7) is 0. The van der Waals surface area contributed by atoms with Crippen molar-refractivity contribution in [3.63, 3.8) is 0 Å². The minimum Gasteiger partial charge on any atom is -0.313 e. The number of hydrogen-bond donors (Lipinski definition) is 1. The summed E-state index contributed by atoms with van der Waals surface area (Å²) in [6.07, 6.45) is 3.74. The molecule has 0 spiro atoms. The minimum atomic E-state index is -0.296. The highest BCUT2D eigenvalue weighted by Gasteiger charge is 2.10. The molecule has 88 valence electrons. The molecule has 2 rings (SSSR count). The molecule has 17 heavy (non-hydrogen) atoms. The van der Waals surface area contributed by atoms with Crippen LogP contribution in [-0.2, 0) is 6.42 Å². The van der Waals surface area contributed by atoms with E-state index in [2.05, 4.69) is 22.4 Å². The SMILES string of the molecule is CNC(Cc1ccccc1)c1cncc(F)c1. The Kier molecular flexibility index (Phi) is 3.83. The van der Waals surface area contributed by atoms with Crippen molar-refractivity contribution in [2.45, 2.75) is 12.5 Å². The van der Waals surface area contributed by atoms with E-state index >= 15 is 0 Å². The van der Waals surface area contributed by atoms with Crippen LogP contribution in [0.2, 0.25) is 0 Å². The molecule has 1 aromatic heterocycles. The molecule has 1 N–H and O–H groups in total. The van der Waals surface area contributed by atoms with Crippen LogP contribution in [0.5, 0.6) is 0 Å². The summed E-state index contributed by atoms with van der Waals surface area (Å²) in [6, 6.07) is 11.7. The third kappa shape index (κ3) is 3.11. The van der Waals surface area contributed by atoms with Gasteiger partial charge in [0.15, 0.2) is 0 Å². The van der Waals surface area contributed by atoms with E-state index in [0.717, 1.165) is 12.0 Å². The van der Waals surface area contributed by atoms with Crippen molar-refractivity contribution in [1.29, 1.82) is 0 Å². The van der Waals surface area contributed by atoms with Crippen LogP contribution in [0.25, 0.3) is 0 Å². The summed E-state index contributed by atoms with van der Waals surface area (Å²) >= 11 is 0. The average Bonchev–Trinajstić information content (AvgIpc) is 2.37. The zero-order valence-corrected chi connectivity index (χ0v) is 9.73. The Hall–Kier alpha value is -1.74. The van der Waals surface area contributed by atoms with Crippen LogP contribution in [-0.4, -0.2) is 12.0 Å². The molecule has 2 aromatic rings. The maximum absolute atomic E-state index is 13.1. The number of benzene rings is 1. The first-order valence-electron chi connectivity index (χ1n) is 5.61. The van der Waals surface area contributed by atoms with Gasteiger partial charge in [0, 0.05) is 12.2 Å². The Morgan fingerprint density at radius 3 is 2.65 bits per heavy atom. The molecule has 2 nitrogen and oxygen atoms in total. The van der Waals surface area contributed by atoms with Crippen molar-refractivity contribution in [3.05, 3.63) is 65.7 Å². The van der Waals surface area contributed by atoms with Crippen molar-refractivity contribution in [2.24, 2.45) is 0 Å². The highest BCUT2D eigenvalue weighted by atomic mass is 19.1. The fraction of sp³-hybridized carbons (Fsp3) is 0.214. The van der Waals surface area contributed by atoms with Gasteiger partial charge in [-0.3, -0.25) is 4.98 Å². The summed E-state index contributed by atoms with van der Waals surface area (Å²) in [5.74, 6) is -0.296. The Morgan fingerprint density at radius 1 is 1.24 bits per heavy atom. The van der Waals surface area contributed by atoms with E-state index in [9.17, 15) is 4.39 Å². The quantitative estimate of drug-likeness (QED) is 0.873. The second-order valence-electron chi connectivity index (χ2n) is 3.97. The van der Waals surface area contributed by atoms with Crippen LogP contribution in [0, 0.1) is 5.82 Å². The lowest BCUT2D eigenvalue weighted by molar-refractivity contribution is 0.572. The van der Waals surface area contributed by atoms with Crippen LogP contribution >= 0.6 is 0 Å². The molecule has 0 aliphatic heterocycles. The maximum atomic E-state index is 13.1. The second kappa shape index (κ2) is 5.55. The van der Waals surface area contributed by atoms with Crippen LogP contribution in [0.3, 0.4) is 0 Å². The van der Waals surface area contributed by atoms with Gasteiger partial charge >= 0.3 is 0 Å². The van der Waals surface area contributed by atoms with Gasteiger partial charge in [-0.05, 0) is 30.7 Å². The van der Waals surface area contributed by atoms with E-state index in [0.29, 0.717) is 0 Å². The van der Waals surface area contributed by atoms with Gasteiger partial charge in [-0.15, -0.1) is 0 Å². The number of rotatable bonds is 4. The second-order valence-corrected chi connectivity index (χ2v) is 3.97. The van der Waals surface area contributed by atoms with Crippen LogP contribution in [0.4, 0.5) is 4.39 Å². The van der Waals surface area contributed by atoms with Gasteiger partial charge in [0.1, 0.15) is 5.82 Å². The van der Waals surface area contributed by atoms with Gasteiger partial charge in [-0.1, -0.05) is 30.3 Å². The number of nitrogens with zero attached hydrogens (tertiary/aromatic N) is 1. The topological polar surface area (TPSA) is 24.9 Å². The van der Waals surface area contributed by atoms with Gasteiger partial charge in [0.25, 0.3) is 0 Å². The van der Waals surface area contributed by atoms with Crippen molar-refractivity contribution in [1.82, 2.24) is 10.3 Å². The molecule has 0 saturated heterocycles. The predicted octanol–water partition coefficient (Wildman–Crippen LogP) is 2.72. The smallest absolute Gasteiger partial charge is 0.141 e. The number of halogens is 1. The molecular formula is C14H15FN2. The average molecular weight is 230 g/mol.